The molecular weight excluding hydrogens is 264 g/mol. The highest BCUT2D eigenvalue weighted by Crippen LogP contribution is 2.14. The van der Waals surface area contributed by atoms with E-state index in [-0.39, 0.29) is 11.8 Å². The van der Waals surface area contributed by atoms with Crippen LogP contribution in [0.1, 0.15) is 38.3 Å². The number of nitrogens with zero attached hydrogens (tertiary/aromatic N) is 1. The fourth-order valence-corrected chi connectivity index (χ4v) is 2.32. The SMILES string of the molecule is CC(=O)N(CCC(=O)Nc1cc(C)cc(C)c1)CC(C)C. The summed E-state index contributed by atoms with van der Waals surface area (Å²) in [5.74, 6) is 0.356. The van der Waals surface area contributed by atoms with E-state index in [2.05, 4.69) is 25.2 Å². The summed E-state index contributed by atoms with van der Waals surface area (Å²) in [6.07, 6.45) is 0.319. The van der Waals surface area contributed by atoms with Gasteiger partial charge in [-0.1, -0.05) is 19.9 Å². The molecular formula is C17H26N2O2. The molecule has 1 aromatic rings. The van der Waals surface area contributed by atoms with Gasteiger partial charge >= 0.3 is 0 Å². The highest BCUT2D eigenvalue weighted by Gasteiger charge is 2.12. The number of carbonyl (C=O) groups is 2. The summed E-state index contributed by atoms with van der Waals surface area (Å²) in [6, 6.07) is 5.96. The van der Waals surface area contributed by atoms with Gasteiger partial charge in [0.2, 0.25) is 11.8 Å². The average Bonchev–Trinajstić information content (AvgIpc) is 2.32. The molecule has 0 aliphatic rings. The normalized spacial score (nSPS) is 10.6. The van der Waals surface area contributed by atoms with Crippen LogP contribution in [0.15, 0.2) is 18.2 Å². The summed E-state index contributed by atoms with van der Waals surface area (Å²) in [4.78, 5) is 25.3. The predicted octanol–water partition coefficient (Wildman–Crippen LogP) is 3.14. The maximum atomic E-state index is 12.0. The van der Waals surface area contributed by atoms with Crippen LogP contribution in [0.4, 0.5) is 5.69 Å². The molecule has 0 bridgehead atoms. The Morgan fingerprint density at radius 1 is 1.14 bits per heavy atom. The second-order valence-corrected chi connectivity index (χ2v) is 6.03. The molecule has 0 spiro atoms. The third-order valence-electron chi connectivity index (χ3n) is 3.15. The number of amides is 2. The summed E-state index contributed by atoms with van der Waals surface area (Å²) < 4.78 is 0. The topological polar surface area (TPSA) is 49.4 Å². The van der Waals surface area contributed by atoms with Crippen molar-refractivity contribution in [1.82, 2.24) is 4.90 Å². The molecule has 1 N–H and O–H groups in total. The van der Waals surface area contributed by atoms with Gasteiger partial charge in [-0.05, 0) is 43.0 Å². The molecule has 0 saturated carbocycles. The molecule has 0 aliphatic heterocycles. The van der Waals surface area contributed by atoms with Crippen LogP contribution in [0.5, 0.6) is 0 Å². The summed E-state index contributed by atoms with van der Waals surface area (Å²) in [6.45, 7) is 10.8. The Balaban J connectivity index is 2.54. The third kappa shape index (κ3) is 6.43. The third-order valence-corrected chi connectivity index (χ3v) is 3.15. The number of anilines is 1. The Morgan fingerprint density at radius 2 is 1.71 bits per heavy atom. The highest BCUT2D eigenvalue weighted by molar-refractivity contribution is 5.91. The fourth-order valence-electron chi connectivity index (χ4n) is 2.32. The zero-order chi connectivity index (χ0) is 16.0. The van der Waals surface area contributed by atoms with Crippen LogP contribution >= 0.6 is 0 Å². The maximum Gasteiger partial charge on any atom is 0.226 e. The van der Waals surface area contributed by atoms with Crippen molar-refractivity contribution in [3.8, 4) is 0 Å². The molecule has 0 heterocycles. The van der Waals surface area contributed by atoms with E-state index in [9.17, 15) is 9.59 Å². The fraction of sp³-hybridized carbons (Fsp3) is 0.529. The van der Waals surface area contributed by atoms with Crippen molar-refractivity contribution in [3.05, 3.63) is 29.3 Å². The molecule has 0 aromatic heterocycles. The molecule has 116 valence electrons. The second kappa shape index (κ2) is 7.81. The molecule has 1 rings (SSSR count). The number of aryl methyl sites for hydroxylation is 2. The van der Waals surface area contributed by atoms with E-state index in [1.54, 1.807) is 11.8 Å². The van der Waals surface area contributed by atoms with Crippen LogP contribution in [-0.2, 0) is 9.59 Å². The van der Waals surface area contributed by atoms with E-state index in [0.29, 0.717) is 25.4 Å². The van der Waals surface area contributed by atoms with Crippen LogP contribution in [0.25, 0.3) is 0 Å². The van der Waals surface area contributed by atoms with Crippen LogP contribution in [-0.4, -0.2) is 29.8 Å². The van der Waals surface area contributed by atoms with Gasteiger partial charge in [-0.15, -0.1) is 0 Å². The molecule has 0 aliphatic carbocycles. The van der Waals surface area contributed by atoms with E-state index < -0.39 is 0 Å². The molecule has 2 amide bonds. The molecule has 0 radical (unpaired) electrons. The van der Waals surface area contributed by atoms with E-state index in [1.165, 1.54) is 0 Å². The molecule has 4 nitrogen and oxygen atoms in total. The summed E-state index contributed by atoms with van der Waals surface area (Å²) in [5, 5.41) is 2.89. The zero-order valence-corrected chi connectivity index (χ0v) is 13.7. The molecule has 0 atom stereocenters. The monoisotopic (exact) mass is 290 g/mol. The second-order valence-electron chi connectivity index (χ2n) is 6.03. The first-order valence-corrected chi connectivity index (χ1v) is 7.41. The van der Waals surface area contributed by atoms with Gasteiger partial charge in [0.15, 0.2) is 0 Å². The lowest BCUT2D eigenvalue weighted by Crippen LogP contribution is -2.34. The van der Waals surface area contributed by atoms with Gasteiger partial charge in [0, 0.05) is 32.1 Å². The lowest BCUT2D eigenvalue weighted by molar-refractivity contribution is -0.129. The van der Waals surface area contributed by atoms with Gasteiger partial charge < -0.3 is 10.2 Å². The molecule has 4 heteroatoms. The van der Waals surface area contributed by atoms with Crippen molar-refractivity contribution in [1.29, 1.82) is 0 Å². The molecule has 0 saturated heterocycles. The van der Waals surface area contributed by atoms with Crippen molar-refractivity contribution < 1.29 is 9.59 Å². The lowest BCUT2D eigenvalue weighted by Gasteiger charge is -2.22. The van der Waals surface area contributed by atoms with E-state index in [4.69, 9.17) is 0 Å². The standard InChI is InChI=1S/C17H26N2O2/c1-12(2)11-19(15(5)20)7-6-17(21)18-16-9-13(3)8-14(4)10-16/h8-10,12H,6-7,11H2,1-5H3,(H,18,21). The van der Waals surface area contributed by atoms with E-state index in [0.717, 1.165) is 16.8 Å². The first kappa shape index (κ1) is 17.2. The van der Waals surface area contributed by atoms with Gasteiger partial charge in [-0.2, -0.15) is 0 Å². The van der Waals surface area contributed by atoms with Gasteiger partial charge in [0.05, 0.1) is 0 Å². The first-order chi connectivity index (χ1) is 9.77. The number of hydrogen-bond acceptors (Lipinski definition) is 2. The van der Waals surface area contributed by atoms with Gasteiger partial charge in [-0.3, -0.25) is 9.59 Å². The smallest absolute Gasteiger partial charge is 0.226 e. The lowest BCUT2D eigenvalue weighted by atomic mass is 10.1. The predicted molar refractivity (Wildman–Crippen MR) is 86.3 cm³/mol. The number of carbonyl (C=O) groups excluding carboxylic acids is 2. The first-order valence-electron chi connectivity index (χ1n) is 7.41. The quantitative estimate of drug-likeness (QED) is 0.875. The Morgan fingerprint density at radius 3 is 2.19 bits per heavy atom. The highest BCUT2D eigenvalue weighted by atomic mass is 16.2. The number of hydrogen-bond donors (Lipinski definition) is 1. The van der Waals surface area contributed by atoms with Crippen LogP contribution in [0, 0.1) is 19.8 Å². The molecule has 1 aromatic carbocycles. The van der Waals surface area contributed by atoms with Crippen molar-refractivity contribution in [2.75, 3.05) is 18.4 Å². The molecule has 0 unspecified atom stereocenters. The van der Waals surface area contributed by atoms with Crippen molar-refractivity contribution in [3.63, 3.8) is 0 Å². The van der Waals surface area contributed by atoms with Crippen LogP contribution < -0.4 is 5.32 Å². The Labute approximate surface area is 127 Å². The van der Waals surface area contributed by atoms with Gasteiger partial charge in [-0.25, -0.2) is 0 Å². The minimum atomic E-state index is -0.0602. The minimum Gasteiger partial charge on any atom is -0.342 e. The molecule has 0 fully saturated rings. The van der Waals surface area contributed by atoms with Crippen molar-refractivity contribution in [2.24, 2.45) is 5.92 Å². The summed E-state index contributed by atoms with van der Waals surface area (Å²) in [5.41, 5.74) is 3.06. The zero-order valence-electron chi connectivity index (χ0n) is 13.7. The Kier molecular flexibility index (Phi) is 6.40. The van der Waals surface area contributed by atoms with E-state index in [1.807, 2.05) is 26.0 Å². The number of nitrogens with one attached hydrogen (secondary N) is 1. The van der Waals surface area contributed by atoms with Gasteiger partial charge in [0.25, 0.3) is 0 Å². The van der Waals surface area contributed by atoms with E-state index >= 15 is 0 Å². The number of benzene rings is 1. The summed E-state index contributed by atoms with van der Waals surface area (Å²) in [7, 11) is 0. The van der Waals surface area contributed by atoms with Crippen LogP contribution in [0.3, 0.4) is 0 Å². The van der Waals surface area contributed by atoms with Crippen molar-refractivity contribution in [2.45, 2.75) is 41.0 Å². The Bertz CT molecular complexity index is 489. The van der Waals surface area contributed by atoms with Crippen molar-refractivity contribution >= 4 is 17.5 Å². The largest absolute Gasteiger partial charge is 0.342 e. The molecule has 21 heavy (non-hydrogen) atoms. The number of rotatable bonds is 6. The van der Waals surface area contributed by atoms with Gasteiger partial charge in [0.1, 0.15) is 0 Å². The van der Waals surface area contributed by atoms with Crippen LogP contribution in [0.2, 0.25) is 0 Å². The minimum absolute atomic E-state index is 0.0166. The average molecular weight is 290 g/mol. The Hall–Kier alpha value is -1.84. The summed E-state index contributed by atoms with van der Waals surface area (Å²) >= 11 is 0. The maximum absolute atomic E-state index is 12.0.